The van der Waals surface area contributed by atoms with E-state index in [4.69, 9.17) is 4.74 Å². The first kappa shape index (κ1) is 17.0. The maximum atomic E-state index is 12.8. The quantitative estimate of drug-likeness (QED) is 0.794. The fourth-order valence-corrected chi connectivity index (χ4v) is 2.09. The Hall–Kier alpha value is -2.41. The van der Waals surface area contributed by atoms with Crippen molar-refractivity contribution in [1.82, 2.24) is 0 Å². The van der Waals surface area contributed by atoms with E-state index in [2.05, 4.69) is 21.2 Å². The Morgan fingerprint density at radius 3 is 2.52 bits per heavy atom. The number of ether oxygens (including phenoxy) is 1. The summed E-state index contributed by atoms with van der Waals surface area (Å²) < 4.78 is 18.4. The van der Waals surface area contributed by atoms with E-state index in [0.717, 1.165) is 0 Å². The van der Waals surface area contributed by atoms with Gasteiger partial charge in [-0.2, -0.15) is 0 Å². The number of rotatable bonds is 4. The van der Waals surface area contributed by atoms with Crippen LogP contribution < -0.4 is 5.32 Å². The van der Waals surface area contributed by atoms with Crippen LogP contribution in [0.5, 0.6) is 5.75 Å². The molecule has 2 N–H and O–H groups in total. The van der Waals surface area contributed by atoms with E-state index in [-0.39, 0.29) is 11.3 Å². The second-order valence-corrected chi connectivity index (χ2v) is 5.62. The molecule has 23 heavy (non-hydrogen) atoms. The summed E-state index contributed by atoms with van der Waals surface area (Å²) >= 11 is 3.18. The van der Waals surface area contributed by atoms with Crippen LogP contribution in [-0.2, 0) is 9.53 Å². The van der Waals surface area contributed by atoms with Gasteiger partial charge < -0.3 is 15.2 Å². The lowest BCUT2D eigenvalue weighted by atomic mass is 10.2. The molecule has 1 amide bonds. The molecule has 0 saturated heterocycles. The lowest BCUT2D eigenvalue weighted by Gasteiger charge is -2.14. The molecule has 1 atom stereocenters. The Labute approximate surface area is 140 Å². The van der Waals surface area contributed by atoms with Crippen molar-refractivity contribution in [3.05, 3.63) is 58.3 Å². The van der Waals surface area contributed by atoms with Gasteiger partial charge in [0.25, 0.3) is 5.91 Å². The molecule has 0 aliphatic rings. The number of anilines is 1. The summed E-state index contributed by atoms with van der Waals surface area (Å²) in [5.74, 6) is -2.07. The molecule has 2 aromatic carbocycles. The molecule has 2 rings (SSSR count). The van der Waals surface area contributed by atoms with Gasteiger partial charge in [-0.25, -0.2) is 9.18 Å². The van der Waals surface area contributed by atoms with Crippen LogP contribution in [0.25, 0.3) is 0 Å². The van der Waals surface area contributed by atoms with E-state index >= 15 is 0 Å². The Kier molecular flexibility index (Phi) is 5.33. The summed E-state index contributed by atoms with van der Waals surface area (Å²) in [5, 5.41) is 12.2. The number of carbonyl (C=O) groups excluding carboxylic acids is 2. The van der Waals surface area contributed by atoms with Crippen molar-refractivity contribution in [2.24, 2.45) is 0 Å². The van der Waals surface area contributed by atoms with Crippen molar-refractivity contribution in [2.75, 3.05) is 5.32 Å². The summed E-state index contributed by atoms with van der Waals surface area (Å²) in [7, 11) is 0. The van der Waals surface area contributed by atoms with Gasteiger partial charge in [-0.15, -0.1) is 0 Å². The molecular formula is C16H13BrFNO4. The van der Waals surface area contributed by atoms with E-state index in [1.54, 1.807) is 6.07 Å². The maximum absolute atomic E-state index is 12.8. The van der Waals surface area contributed by atoms with Crippen LogP contribution in [0.4, 0.5) is 10.1 Å². The number of nitrogens with one attached hydrogen (secondary N) is 1. The number of carbonyl (C=O) groups is 2. The monoisotopic (exact) mass is 381 g/mol. The first-order valence-corrected chi connectivity index (χ1v) is 7.42. The minimum absolute atomic E-state index is 0.0548. The Morgan fingerprint density at radius 2 is 1.87 bits per heavy atom. The number of phenolic OH excluding ortho intramolecular Hbond substituents is 1. The van der Waals surface area contributed by atoms with Gasteiger partial charge in [0, 0.05) is 10.2 Å². The van der Waals surface area contributed by atoms with Crippen molar-refractivity contribution in [3.63, 3.8) is 0 Å². The highest BCUT2D eigenvalue weighted by atomic mass is 79.9. The zero-order valence-electron chi connectivity index (χ0n) is 12.0. The average Bonchev–Trinajstić information content (AvgIpc) is 2.51. The summed E-state index contributed by atoms with van der Waals surface area (Å²) in [5.41, 5.74) is 0.324. The predicted molar refractivity (Wildman–Crippen MR) is 85.7 cm³/mol. The van der Waals surface area contributed by atoms with Crippen molar-refractivity contribution in [1.29, 1.82) is 0 Å². The highest BCUT2D eigenvalue weighted by molar-refractivity contribution is 9.10. The highest BCUT2D eigenvalue weighted by Crippen LogP contribution is 2.23. The molecule has 0 aliphatic carbocycles. The zero-order valence-corrected chi connectivity index (χ0v) is 13.6. The molecule has 0 heterocycles. The Balaban J connectivity index is 2.01. The predicted octanol–water partition coefficient (Wildman–Crippen LogP) is 3.48. The van der Waals surface area contributed by atoms with Crippen molar-refractivity contribution >= 4 is 33.5 Å². The molecule has 0 radical (unpaired) electrons. The minimum atomic E-state index is -1.09. The molecule has 5 nitrogen and oxygen atoms in total. The number of aromatic hydroxyl groups is 1. The van der Waals surface area contributed by atoms with E-state index in [1.165, 1.54) is 43.3 Å². The van der Waals surface area contributed by atoms with E-state index in [0.29, 0.717) is 10.2 Å². The number of phenols is 1. The zero-order chi connectivity index (χ0) is 17.0. The second-order valence-electron chi connectivity index (χ2n) is 4.71. The first-order valence-electron chi connectivity index (χ1n) is 6.63. The molecule has 7 heteroatoms. The minimum Gasteiger partial charge on any atom is -0.507 e. The van der Waals surface area contributed by atoms with Crippen molar-refractivity contribution in [3.8, 4) is 5.75 Å². The van der Waals surface area contributed by atoms with Crippen LogP contribution in [0.1, 0.15) is 17.3 Å². The van der Waals surface area contributed by atoms with Crippen LogP contribution in [0.2, 0.25) is 0 Å². The molecule has 0 spiro atoms. The van der Waals surface area contributed by atoms with Gasteiger partial charge in [0.05, 0.1) is 0 Å². The highest BCUT2D eigenvalue weighted by Gasteiger charge is 2.21. The maximum Gasteiger partial charge on any atom is 0.342 e. The third kappa shape index (κ3) is 4.53. The Morgan fingerprint density at radius 1 is 1.22 bits per heavy atom. The fraction of sp³-hybridized carbons (Fsp3) is 0.125. The van der Waals surface area contributed by atoms with E-state index in [1.807, 2.05) is 0 Å². The van der Waals surface area contributed by atoms with Crippen LogP contribution >= 0.6 is 15.9 Å². The molecule has 0 unspecified atom stereocenters. The van der Waals surface area contributed by atoms with E-state index in [9.17, 15) is 19.1 Å². The molecule has 0 aromatic heterocycles. The number of hydrogen-bond donors (Lipinski definition) is 2. The van der Waals surface area contributed by atoms with Crippen molar-refractivity contribution in [2.45, 2.75) is 13.0 Å². The van der Waals surface area contributed by atoms with Gasteiger partial charge in [-0.05, 0) is 49.4 Å². The largest absolute Gasteiger partial charge is 0.507 e. The number of halogens is 2. The molecular weight excluding hydrogens is 369 g/mol. The summed E-state index contributed by atoms with van der Waals surface area (Å²) in [4.78, 5) is 24.0. The lowest BCUT2D eigenvalue weighted by molar-refractivity contribution is -0.123. The first-order chi connectivity index (χ1) is 10.9. The van der Waals surface area contributed by atoms with Gasteiger partial charge in [-0.3, -0.25) is 4.79 Å². The number of hydrogen-bond acceptors (Lipinski definition) is 4. The summed E-state index contributed by atoms with van der Waals surface area (Å²) in [6.45, 7) is 1.39. The SMILES string of the molecule is C[C@@H](OC(=O)c1cc(Br)ccc1O)C(=O)Nc1ccc(F)cc1. The molecule has 120 valence electrons. The smallest absolute Gasteiger partial charge is 0.342 e. The molecule has 0 fully saturated rings. The number of benzene rings is 2. The van der Waals surface area contributed by atoms with Crippen molar-refractivity contribution < 1.29 is 23.8 Å². The topological polar surface area (TPSA) is 75.6 Å². The van der Waals surface area contributed by atoms with Crippen LogP contribution in [0.15, 0.2) is 46.9 Å². The fourth-order valence-electron chi connectivity index (χ4n) is 1.73. The van der Waals surface area contributed by atoms with Crippen LogP contribution in [0, 0.1) is 5.82 Å². The average molecular weight is 382 g/mol. The summed E-state index contributed by atoms with van der Waals surface area (Å²) in [6, 6.07) is 9.48. The third-order valence-electron chi connectivity index (χ3n) is 2.94. The van der Waals surface area contributed by atoms with Gasteiger partial charge in [0.2, 0.25) is 0 Å². The van der Waals surface area contributed by atoms with Gasteiger partial charge >= 0.3 is 5.97 Å². The Bertz CT molecular complexity index is 733. The lowest BCUT2D eigenvalue weighted by Crippen LogP contribution is -2.30. The second kappa shape index (κ2) is 7.23. The molecule has 2 aromatic rings. The van der Waals surface area contributed by atoms with E-state index < -0.39 is 23.8 Å². The normalized spacial score (nSPS) is 11.6. The van der Waals surface area contributed by atoms with Gasteiger partial charge in [0.15, 0.2) is 6.10 Å². The molecule has 0 bridgehead atoms. The van der Waals surface area contributed by atoms with Gasteiger partial charge in [-0.1, -0.05) is 15.9 Å². The number of amides is 1. The third-order valence-corrected chi connectivity index (χ3v) is 3.44. The summed E-state index contributed by atoms with van der Waals surface area (Å²) in [6.07, 6.45) is -1.09. The molecule has 0 saturated carbocycles. The van der Waals surface area contributed by atoms with Crippen LogP contribution in [0.3, 0.4) is 0 Å². The van der Waals surface area contributed by atoms with Crippen LogP contribution in [-0.4, -0.2) is 23.1 Å². The van der Waals surface area contributed by atoms with Gasteiger partial charge in [0.1, 0.15) is 17.1 Å². The number of esters is 1. The molecule has 0 aliphatic heterocycles. The standard InChI is InChI=1S/C16H13BrFNO4/c1-9(15(21)19-12-5-3-11(18)4-6-12)23-16(22)13-8-10(17)2-7-14(13)20/h2-9,20H,1H3,(H,19,21)/t9-/m1/s1.